The van der Waals surface area contributed by atoms with Gasteiger partial charge in [-0.25, -0.2) is 14.8 Å². The summed E-state index contributed by atoms with van der Waals surface area (Å²) in [6.07, 6.45) is 1.44. The summed E-state index contributed by atoms with van der Waals surface area (Å²) in [7, 11) is 0. The lowest BCUT2D eigenvalue weighted by Crippen LogP contribution is -2.23. The third-order valence-electron chi connectivity index (χ3n) is 3.22. The molecule has 3 aromatic rings. The van der Waals surface area contributed by atoms with Gasteiger partial charge in [0.2, 0.25) is 0 Å². The fraction of sp³-hybridized carbons (Fsp3) is 0.0714. The smallest absolute Gasteiger partial charge is 0.368 e. The molecule has 1 aromatic carbocycles. The van der Waals surface area contributed by atoms with E-state index >= 15 is 0 Å². The molecule has 0 aliphatic carbocycles. The molecule has 0 aliphatic heterocycles. The summed E-state index contributed by atoms with van der Waals surface area (Å²) in [4.78, 5) is 29.2. The van der Waals surface area contributed by atoms with E-state index in [4.69, 9.17) is 0 Å². The van der Waals surface area contributed by atoms with Gasteiger partial charge in [0.25, 0.3) is 0 Å². The van der Waals surface area contributed by atoms with E-state index in [1.54, 1.807) is 0 Å². The van der Waals surface area contributed by atoms with Crippen LogP contribution in [0.3, 0.4) is 0 Å². The zero-order valence-corrected chi connectivity index (χ0v) is 10.7. The fourth-order valence-electron chi connectivity index (χ4n) is 2.20. The van der Waals surface area contributed by atoms with Crippen LogP contribution in [-0.2, 0) is 0 Å². The van der Waals surface area contributed by atoms with Crippen LogP contribution in [0.5, 0.6) is 0 Å². The van der Waals surface area contributed by atoms with Crippen LogP contribution in [0.25, 0.3) is 17.0 Å². The highest BCUT2D eigenvalue weighted by Crippen LogP contribution is 2.12. The van der Waals surface area contributed by atoms with Crippen molar-refractivity contribution < 1.29 is 14.9 Å². The van der Waals surface area contributed by atoms with Gasteiger partial charge in [0.05, 0.1) is 6.20 Å². The number of hydrogen-bond donors (Lipinski definition) is 2. The van der Waals surface area contributed by atoms with Crippen molar-refractivity contribution in [2.75, 3.05) is 0 Å². The number of aromatic amines is 2. The van der Waals surface area contributed by atoms with Gasteiger partial charge < -0.3 is 5.11 Å². The van der Waals surface area contributed by atoms with Crippen molar-refractivity contribution in [1.29, 1.82) is 0 Å². The van der Waals surface area contributed by atoms with Gasteiger partial charge in [0, 0.05) is 11.6 Å². The minimum Gasteiger partial charge on any atom is -0.476 e. The van der Waals surface area contributed by atoms with E-state index in [0.717, 1.165) is 11.0 Å². The zero-order chi connectivity index (χ0) is 14.3. The Morgan fingerprint density at radius 2 is 2.05 bits per heavy atom. The Hall–Kier alpha value is -2.89. The van der Waals surface area contributed by atoms with Crippen molar-refractivity contribution in [3.05, 3.63) is 58.0 Å². The normalized spacial score (nSPS) is 10.8. The Labute approximate surface area is 113 Å². The molecule has 0 saturated heterocycles. The van der Waals surface area contributed by atoms with Gasteiger partial charge in [0.15, 0.2) is 11.1 Å². The van der Waals surface area contributed by atoms with Crippen LogP contribution < -0.4 is 10.4 Å². The van der Waals surface area contributed by atoms with Crippen LogP contribution in [0, 0.1) is 6.92 Å². The summed E-state index contributed by atoms with van der Waals surface area (Å²) >= 11 is 0. The molecule has 0 radical (unpaired) electrons. The molecule has 6 nitrogen and oxygen atoms in total. The van der Waals surface area contributed by atoms with E-state index in [1.807, 2.05) is 24.3 Å². The van der Waals surface area contributed by atoms with Gasteiger partial charge in [-0.05, 0) is 19.1 Å². The molecule has 20 heavy (non-hydrogen) atoms. The van der Waals surface area contributed by atoms with Crippen LogP contribution in [0.1, 0.15) is 16.1 Å². The van der Waals surface area contributed by atoms with Gasteiger partial charge in [-0.3, -0.25) is 4.79 Å². The van der Waals surface area contributed by atoms with E-state index in [9.17, 15) is 14.7 Å². The van der Waals surface area contributed by atoms with Crippen molar-refractivity contribution in [1.82, 2.24) is 9.55 Å². The number of imidazole rings is 1. The Morgan fingerprint density at radius 3 is 2.75 bits per heavy atom. The largest absolute Gasteiger partial charge is 0.476 e. The number of para-hydroxylation sites is 2. The molecule has 6 heteroatoms. The predicted octanol–water partition coefficient (Wildman–Crippen LogP) is 1.14. The molecule has 0 bridgehead atoms. The molecule has 2 heterocycles. The van der Waals surface area contributed by atoms with Gasteiger partial charge in [0.1, 0.15) is 11.0 Å². The van der Waals surface area contributed by atoms with Gasteiger partial charge in [-0.15, -0.1) is 0 Å². The van der Waals surface area contributed by atoms with E-state index < -0.39 is 5.97 Å². The number of nitrogens with one attached hydrogen (secondary N) is 2. The van der Waals surface area contributed by atoms with Gasteiger partial charge in [-0.2, -0.15) is 4.57 Å². The molecule has 0 fully saturated rings. The van der Waals surface area contributed by atoms with E-state index in [2.05, 4.69) is 9.97 Å². The number of aromatic carboxylic acids is 1. The van der Waals surface area contributed by atoms with E-state index in [1.165, 1.54) is 23.8 Å². The summed E-state index contributed by atoms with van der Waals surface area (Å²) in [5.74, 6) is -0.654. The van der Waals surface area contributed by atoms with E-state index in [-0.39, 0.29) is 16.7 Å². The molecule has 0 unspecified atom stereocenters. The summed E-state index contributed by atoms with van der Waals surface area (Å²) in [5.41, 5.74) is 1.56. The number of fused-ring (bicyclic) bond motifs is 1. The van der Waals surface area contributed by atoms with Gasteiger partial charge >= 0.3 is 11.9 Å². The average molecular weight is 270 g/mol. The first-order valence-electron chi connectivity index (χ1n) is 6.04. The maximum absolute atomic E-state index is 11.6. The highest BCUT2D eigenvalue weighted by molar-refractivity contribution is 5.88. The minimum atomic E-state index is -1.15. The summed E-state index contributed by atoms with van der Waals surface area (Å²) in [5, 5.41) is 9.32. The molecule has 0 spiro atoms. The van der Waals surface area contributed by atoms with Crippen LogP contribution in [0.2, 0.25) is 0 Å². The van der Waals surface area contributed by atoms with Crippen molar-refractivity contribution >= 4 is 17.0 Å². The second kappa shape index (κ2) is 4.34. The van der Waals surface area contributed by atoms with Crippen LogP contribution in [-0.4, -0.2) is 20.6 Å². The van der Waals surface area contributed by atoms with Crippen LogP contribution in [0.15, 0.2) is 41.3 Å². The molecule has 0 saturated carbocycles. The quantitative estimate of drug-likeness (QED) is 0.731. The van der Waals surface area contributed by atoms with Crippen LogP contribution in [0.4, 0.5) is 0 Å². The van der Waals surface area contributed by atoms with E-state index in [0.29, 0.717) is 5.95 Å². The summed E-state index contributed by atoms with van der Waals surface area (Å²) in [6, 6.07) is 8.87. The van der Waals surface area contributed by atoms with Crippen molar-refractivity contribution in [2.24, 2.45) is 0 Å². The number of pyridine rings is 1. The Kier molecular flexibility index (Phi) is 2.64. The lowest BCUT2D eigenvalue weighted by Gasteiger charge is -2.03. The third-order valence-corrected chi connectivity index (χ3v) is 3.22. The van der Waals surface area contributed by atoms with Gasteiger partial charge in [-0.1, -0.05) is 12.1 Å². The lowest BCUT2D eigenvalue weighted by atomic mass is 10.2. The molecule has 3 N–H and O–H groups in total. The molecular formula is C14H12N3O3+. The number of nitrogens with zero attached hydrogens (tertiary/aromatic N) is 1. The van der Waals surface area contributed by atoms with Crippen LogP contribution >= 0.6 is 0 Å². The Morgan fingerprint density at radius 1 is 1.30 bits per heavy atom. The first-order chi connectivity index (χ1) is 9.58. The third kappa shape index (κ3) is 1.78. The SMILES string of the molecule is Cc1c(C(=O)O)n(-c2[nH]c3ccccc3[nH+]2)ccc1=O. The van der Waals surface area contributed by atoms with Crippen molar-refractivity contribution in [3.8, 4) is 5.95 Å². The average Bonchev–Trinajstić information content (AvgIpc) is 2.84. The second-order valence-electron chi connectivity index (χ2n) is 4.47. The number of carboxylic acid groups (broad SMARTS) is 1. The molecule has 0 amide bonds. The monoisotopic (exact) mass is 270 g/mol. The highest BCUT2D eigenvalue weighted by atomic mass is 16.4. The number of carbonyl (C=O) groups is 1. The first kappa shape index (κ1) is 12.2. The zero-order valence-electron chi connectivity index (χ0n) is 10.7. The fourth-order valence-corrected chi connectivity index (χ4v) is 2.20. The second-order valence-corrected chi connectivity index (χ2v) is 4.47. The number of rotatable bonds is 2. The molecule has 100 valence electrons. The minimum absolute atomic E-state index is 0.0553. The number of aromatic nitrogens is 3. The maximum atomic E-state index is 11.6. The number of hydrogen-bond acceptors (Lipinski definition) is 2. The Bertz CT molecular complexity index is 844. The first-order valence-corrected chi connectivity index (χ1v) is 6.04. The predicted molar refractivity (Wildman–Crippen MR) is 72.1 cm³/mol. The van der Waals surface area contributed by atoms with Crippen molar-refractivity contribution in [3.63, 3.8) is 0 Å². The number of benzene rings is 1. The summed E-state index contributed by atoms with van der Waals surface area (Å²) in [6.45, 7) is 1.50. The lowest BCUT2D eigenvalue weighted by molar-refractivity contribution is -0.339. The topological polar surface area (TPSA) is 89.2 Å². The maximum Gasteiger partial charge on any atom is 0.368 e. The molecule has 0 aliphatic rings. The standard InChI is InChI=1S/C14H11N3O3/c1-8-11(18)6-7-17(12(8)13(19)20)14-15-9-4-2-3-5-10(9)16-14/h2-7H,1H3,(H,15,16)(H,19,20)/p+1. The molecule has 2 aromatic heterocycles. The highest BCUT2D eigenvalue weighted by Gasteiger charge is 2.22. The number of carboxylic acids is 1. The molecule has 3 rings (SSSR count). The Balaban J connectivity index is 2.31. The van der Waals surface area contributed by atoms with Crippen molar-refractivity contribution in [2.45, 2.75) is 6.92 Å². The molecule has 0 atom stereocenters. The number of H-pyrrole nitrogens is 2. The summed E-state index contributed by atoms with van der Waals surface area (Å²) < 4.78 is 1.43. The molecular weight excluding hydrogens is 258 g/mol.